The van der Waals surface area contributed by atoms with Crippen molar-refractivity contribution in [3.8, 4) is 5.75 Å². The molecular formula is C16H12ClN5O7S. The highest BCUT2D eigenvalue weighted by atomic mass is 35.5. The standard InChI is InChI=1S/C16H12ClN5O7S/c1-8-14(19-18-13-7-10(22(25)26)6-12(17)15(13)23)16(24)21(20-8)9-2-4-11(5-3-9)30(27,28)29/h2-7,14,23H,1H3,(H,27,28,29)/t14-/m1/s1. The summed E-state index contributed by atoms with van der Waals surface area (Å²) in [7, 11) is -4.39. The second-order valence-corrected chi connectivity index (χ2v) is 7.86. The molecule has 0 aromatic heterocycles. The van der Waals surface area contributed by atoms with Crippen molar-refractivity contribution in [1.29, 1.82) is 0 Å². The summed E-state index contributed by atoms with van der Waals surface area (Å²) in [6.45, 7) is 1.49. The van der Waals surface area contributed by atoms with Gasteiger partial charge in [-0.05, 0) is 31.2 Å². The lowest BCUT2D eigenvalue weighted by molar-refractivity contribution is -0.384. The minimum absolute atomic E-state index is 0.214. The first-order chi connectivity index (χ1) is 14.0. The number of carbonyl (C=O) groups is 1. The zero-order valence-corrected chi connectivity index (χ0v) is 16.6. The fourth-order valence-electron chi connectivity index (χ4n) is 2.51. The van der Waals surface area contributed by atoms with Crippen LogP contribution >= 0.6 is 11.6 Å². The molecule has 2 aromatic rings. The van der Waals surface area contributed by atoms with E-state index in [0.29, 0.717) is 0 Å². The lowest BCUT2D eigenvalue weighted by atomic mass is 10.2. The van der Waals surface area contributed by atoms with Gasteiger partial charge in [-0.1, -0.05) is 11.6 Å². The Morgan fingerprint density at radius 1 is 1.27 bits per heavy atom. The molecule has 0 spiro atoms. The molecule has 0 saturated carbocycles. The first kappa shape index (κ1) is 21.3. The van der Waals surface area contributed by atoms with Crippen molar-refractivity contribution in [2.75, 3.05) is 5.01 Å². The molecule has 1 atom stereocenters. The highest BCUT2D eigenvalue weighted by Crippen LogP contribution is 2.38. The van der Waals surface area contributed by atoms with E-state index in [-0.39, 0.29) is 27.0 Å². The molecule has 14 heteroatoms. The number of hydrogen-bond donors (Lipinski definition) is 2. The van der Waals surface area contributed by atoms with Crippen LogP contribution < -0.4 is 5.01 Å². The number of rotatable bonds is 5. The van der Waals surface area contributed by atoms with E-state index in [9.17, 15) is 28.4 Å². The van der Waals surface area contributed by atoms with Crippen LogP contribution in [-0.2, 0) is 14.9 Å². The number of nitrogens with zero attached hydrogens (tertiary/aromatic N) is 5. The first-order valence-electron chi connectivity index (χ1n) is 8.03. The van der Waals surface area contributed by atoms with Gasteiger partial charge in [0.15, 0.2) is 11.8 Å². The summed E-state index contributed by atoms with van der Waals surface area (Å²) in [4.78, 5) is 22.5. The predicted molar refractivity (Wildman–Crippen MR) is 105 cm³/mol. The van der Waals surface area contributed by atoms with Crippen LogP contribution in [0.3, 0.4) is 0 Å². The third-order valence-electron chi connectivity index (χ3n) is 4.00. The number of benzene rings is 2. The third kappa shape index (κ3) is 4.12. The quantitative estimate of drug-likeness (QED) is 0.302. The van der Waals surface area contributed by atoms with Gasteiger partial charge in [0.25, 0.3) is 21.7 Å². The number of anilines is 1. The van der Waals surface area contributed by atoms with Crippen LogP contribution in [0.4, 0.5) is 17.1 Å². The topological polar surface area (TPSA) is 175 Å². The maximum absolute atomic E-state index is 12.6. The van der Waals surface area contributed by atoms with E-state index < -0.39 is 38.4 Å². The lowest BCUT2D eigenvalue weighted by Gasteiger charge is -2.12. The molecule has 1 aliphatic rings. The van der Waals surface area contributed by atoms with Crippen molar-refractivity contribution in [3.05, 3.63) is 51.5 Å². The maximum atomic E-state index is 12.6. The van der Waals surface area contributed by atoms with Crippen molar-refractivity contribution < 1.29 is 27.8 Å². The van der Waals surface area contributed by atoms with E-state index in [0.717, 1.165) is 29.3 Å². The van der Waals surface area contributed by atoms with Crippen LogP contribution in [0.15, 0.2) is 56.6 Å². The average molecular weight is 454 g/mol. The van der Waals surface area contributed by atoms with Gasteiger partial charge in [0.1, 0.15) is 5.69 Å². The van der Waals surface area contributed by atoms with Gasteiger partial charge in [-0.15, -0.1) is 0 Å². The van der Waals surface area contributed by atoms with E-state index in [4.69, 9.17) is 16.2 Å². The molecule has 12 nitrogen and oxygen atoms in total. The zero-order valence-electron chi connectivity index (χ0n) is 15.0. The van der Waals surface area contributed by atoms with Crippen molar-refractivity contribution in [3.63, 3.8) is 0 Å². The Balaban J connectivity index is 1.87. The summed E-state index contributed by atoms with van der Waals surface area (Å²) < 4.78 is 31.3. The Morgan fingerprint density at radius 3 is 2.47 bits per heavy atom. The van der Waals surface area contributed by atoms with Crippen molar-refractivity contribution >= 4 is 50.4 Å². The van der Waals surface area contributed by atoms with Crippen LogP contribution in [-0.4, -0.2) is 40.7 Å². The maximum Gasteiger partial charge on any atom is 0.294 e. The number of nitro groups is 1. The summed E-state index contributed by atoms with van der Waals surface area (Å²) in [6, 6.07) is 5.45. The van der Waals surface area contributed by atoms with E-state index in [1.807, 2.05) is 0 Å². The summed E-state index contributed by atoms with van der Waals surface area (Å²) in [5, 5.41) is 33.1. The highest BCUT2D eigenvalue weighted by molar-refractivity contribution is 7.85. The fraction of sp³-hybridized carbons (Fsp3) is 0.125. The summed E-state index contributed by atoms with van der Waals surface area (Å²) in [6.07, 6.45) is 0. The average Bonchev–Trinajstić information content (AvgIpc) is 2.96. The second-order valence-electron chi connectivity index (χ2n) is 6.03. The molecule has 0 saturated heterocycles. The van der Waals surface area contributed by atoms with Crippen LogP contribution in [0, 0.1) is 10.1 Å². The summed E-state index contributed by atoms with van der Waals surface area (Å²) in [5.74, 6) is -1.17. The number of phenolic OH excluding ortho intramolecular Hbond substituents is 1. The Bertz CT molecular complexity index is 1210. The number of hydrogen-bond acceptors (Lipinski definition) is 9. The predicted octanol–water partition coefficient (Wildman–Crippen LogP) is 3.08. The number of nitro benzene ring substituents is 1. The van der Waals surface area contributed by atoms with Gasteiger partial charge in [-0.2, -0.15) is 28.8 Å². The van der Waals surface area contributed by atoms with E-state index in [2.05, 4.69) is 15.3 Å². The van der Waals surface area contributed by atoms with Crippen LogP contribution in [0.2, 0.25) is 5.02 Å². The first-order valence-corrected chi connectivity index (χ1v) is 9.85. The summed E-state index contributed by atoms with van der Waals surface area (Å²) in [5.41, 5.74) is -0.273. The Kier molecular flexibility index (Phi) is 5.52. The minimum Gasteiger partial charge on any atom is -0.504 e. The number of carbonyl (C=O) groups excluding carboxylic acids is 1. The highest BCUT2D eigenvalue weighted by Gasteiger charge is 2.35. The SMILES string of the molecule is CC1=NN(c2ccc(S(=O)(=O)O)cc2)C(=O)[C@@H]1N=Nc1cc([N+](=O)[O-])cc(Cl)c1O. The molecular weight excluding hydrogens is 442 g/mol. The van der Waals surface area contributed by atoms with Gasteiger partial charge in [0.05, 0.1) is 26.2 Å². The number of hydrazone groups is 1. The molecule has 1 amide bonds. The van der Waals surface area contributed by atoms with E-state index in [1.54, 1.807) is 0 Å². The smallest absolute Gasteiger partial charge is 0.294 e. The third-order valence-corrected chi connectivity index (χ3v) is 5.15. The Hall–Kier alpha value is -3.42. The van der Waals surface area contributed by atoms with Crippen molar-refractivity contribution in [2.45, 2.75) is 17.9 Å². The number of aromatic hydroxyl groups is 1. The fourth-order valence-corrected chi connectivity index (χ4v) is 3.19. The normalized spacial score (nSPS) is 16.9. The second kappa shape index (κ2) is 7.78. The van der Waals surface area contributed by atoms with Crippen LogP contribution in [0.1, 0.15) is 6.92 Å². The molecule has 1 aliphatic heterocycles. The van der Waals surface area contributed by atoms with Gasteiger partial charge in [-0.3, -0.25) is 19.5 Å². The molecule has 156 valence electrons. The van der Waals surface area contributed by atoms with E-state index >= 15 is 0 Å². The van der Waals surface area contributed by atoms with Gasteiger partial charge in [0.2, 0.25) is 0 Å². The van der Waals surface area contributed by atoms with E-state index in [1.165, 1.54) is 19.1 Å². The molecule has 1 heterocycles. The monoisotopic (exact) mass is 453 g/mol. The van der Waals surface area contributed by atoms with Crippen molar-refractivity contribution in [2.24, 2.45) is 15.3 Å². The van der Waals surface area contributed by atoms with Crippen molar-refractivity contribution in [1.82, 2.24) is 0 Å². The van der Waals surface area contributed by atoms with Crippen LogP contribution in [0.5, 0.6) is 5.75 Å². The molecule has 2 aromatic carbocycles. The molecule has 2 N–H and O–H groups in total. The number of phenols is 1. The molecule has 0 unspecified atom stereocenters. The van der Waals surface area contributed by atoms with Gasteiger partial charge < -0.3 is 5.11 Å². The number of amides is 1. The van der Waals surface area contributed by atoms with Gasteiger partial charge >= 0.3 is 0 Å². The van der Waals surface area contributed by atoms with Gasteiger partial charge in [-0.25, -0.2) is 0 Å². The van der Waals surface area contributed by atoms with Gasteiger partial charge in [0, 0.05) is 12.1 Å². The number of non-ortho nitro benzene ring substituents is 1. The number of halogens is 1. The Morgan fingerprint density at radius 2 is 1.90 bits per heavy atom. The molecule has 0 fully saturated rings. The minimum atomic E-state index is -4.39. The largest absolute Gasteiger partial charge is 0.504 e. The molecule has 0 bridgehead atoms. The molecule has 3 rings (SSSR count). The summed E-state index contributed by atoms with van der Waals surface area (Å²) >= 11 is 5.75. The Labute approximate surface area is 174 Å². The molecule has 0 radical (unpaired) electrons. The zero-order chi connectivity index (χ0) is 22.2. The number of azo groups is 1. The molecule has 30 heavy (non-hydrogen) atoms. The van der Waals surface area contributed by atoms with Crippen LogP contribution in [0.25, 0.3) is 0 Å². The lowest BCUT2D eigenvalue weighted by Crippen LogP contribution is -2.29. The molecule has 0 aliphatic carbocycles.